The molecule has 0 aliphatic rings. The smallest absolute Gasteiger partial charge is 0.335 e. The highest BCUT2D eigenvalue weighted by Gasteiger charge is 2.20. The molecule has 1 heterocycles. The van der Waals surface area contributed by atoms with Crippen molar-refractivity contribution in [1.29, 1.82) is 0 Å². The molecule has 2 N–H and O–H groups in total. The Bertz CT molecular complexity index is 783. The molecule has 0 radical (unpaired) electrons. The van der Waals surface area contributed by atoms with E-state index in [4.69, 9.17) is 5.11 Å². The van der Waals surface area contributed by atoms with Crippen molar-refractivity contribution in [2.24, 2.45) is 0 Å². The summed E-state index contributed by atoms with van der Waals surface area (Å²) in [5.41, 5.74) is 1.24. The van der Waals surface area contributed by atoms with Gasteiger partial charge in [-0.25, -0.2) is 13.2 Å². The number of carbonyl (C=O) groups is 1. The summed E-state index contributed by atoms with van der Waals surface area (Å²) in [6.07, 6.45) is 1.41. The number of sulfonamides is 1. The largest absolute Gasteiger partial charge is 0.478 e. The molecule has 2 aromatic rings. The Morgan fingerprint density at radius 2 is 1.90 bits per heavy atom. The lowest BCUT2D eigenvalue weighted by Crippen LogP contribution is -2.16. The number of rotatable bonds is 4. The molecule has 110 valence electrons. The van der Waals surface area contributed by atoms with E-state index in [-0.39, 0.29) is 16.0 Å². The Morgan fingerprint density at radius 1 is 1.19 bits per heavy atom. The van der Waals surface area contributed by atoms with E-state index in [1.54, 1.807) is 19.1 Å². The molecular weight excluding hydrogens is 292 g/mol. The van der Waals surface area contributed by atoms with E-state index < -0.39 is 16.0 Å². The van der Waals surface area contributed by atoms with E-state index in [2.05, 4.69) is 9.71 Å². The summed E-state index contributed by atoms with van der Waals surface area (Å²) < 4.78 is 27.1. The minimum absolute atomic E-state index is 0.0418. The normalized spacial score (nSPS) is 11.1. The monoisotopic (exact) mass is 306 g/mol. The van der Waals surface area contributed by atoms with Gasteiger partial charge in [-0.1, -0.05) is 6.07 Å². The fraction of sp³-hybridized carbons (Fsp3) is 0.143. The summed E-state index contributed by atoms with van der Waals surface area (Å²) in [5.74, 6) is -1.17. The molecule has 0 aliphatic carbocycles. The molecule has 0 amide bonds. The number of carboxylic acid groups (broad SMARTS) is 1. The highest BCUT2D eigenvalue weighted by molar-refractivity contribution is 7.92. The van der Waals surface area contributed by atoms with E-state index in [0.717, 1.165) is 5.69 Å². The lowest BCUT2D eigenvalue weighted by atomic mass is 10.1. The number of aromatic carboxylic acids is 1. The second kappa shape index (κ2) is 5.53. The molecule has 0 fully saturated rings. The molecule has 0 aliphatic heterocycles. The zero-order valence-corrected chi connectivity index (χ0v) is 12.3. The van der Waals surface area contributed by atoms with Gasteiger partial charge in [-0.05, 0) is 43.7 Å². The second-order valence-corrected chi connectivity index (χ2v) is 6.18. The van der Waals surface area contributed by atoms with Crippen molar-refractivity contribution >= 4 is 21.7 Å². The Hall–Kier alpha value is -2.41. The van der Waals surface area contributed by atoms with E-state index in [0.29, 0.717) is 5.69 Å². The first kappa shape index (κ1) is 15.0. The summed E-state index contributed by atoms with van der Waals surface area (Å²) in [5, 5.41) is 9.05. The van der Waals surface area contributed by atoms with Crippen LogP contribution in [0, 0.1) is 13.8 Å². The highest BCUT2D eigenvalue weighted by Crippen LogP contribution is 2.21. The number of benzene rings is 1. The van der Waals surface area contributed by atoms with Crippen LogP contribution in [0.15, 0.2) is 41.4 Å². The molecule has 0 bridgehead atoms. The van der Waals surface area contributed by atoms with Gasteiger partial charge in [0.05, 0.1) is 22.3 Å². The van der Waals surface area contributed by atoms with Crippen LogP contribution in [0.1, 0.15) is 21.6 Å². The van der Waals surface area contributed by atoms with Crippen molar-refractivity contribution in [3.63, 3.8) is 0 Å². The van der Waals surface area contributed by atoms with Crippen LogP contribution in [0.25, 0.3) is 0 Å². The van der Waals surface area contributed by atoms with Crippen molar-refractivity contribution in [3.05, 3.63) is 53.3 Å². The molecule has 1 aromatic carbocycles. The average molecular weight is 306 g/mol. The van der Waals surface area contributed by atoms with Gasteiger partial charge in [0, 0.05) is 5.69 Å². The first-order chi connectivity index (χ1) is 9.81. The van der Waals surface area contributed by atoms with E-state index in [9.17, 15) is 13.2 Å². The molecule has 0 atom stereocenters. The number of pyridine rings is 1. The third-order valence-corrected chi connectivity index (χ3v) is 4.49. The van der Waals surface area contributed by atoms with Crippen molar-refractivity contribution in [2.45, 2.75) is 18.7 Å². The van der Waals surface area contributed by atoms with Crippen LogP contribution in [0.3, 0.4) is 0 Å². The van der Waals surface area contributed by atoms with Gasteiger partial charge in [-0.15, -0.1) is 0 Å². The van der Waals surface area contributed by atoms with E-state index >= 15 is 0 Å². The number of hydrogen-bond donors (Lipinski definition) is 2. The number of anilines is 1. The molecular formula is C14H14N2O4S. The van der Waals surface area contributed by atoms with Crippen LogP contribution in [0.2, 0.25) is 0 Å². The summed E-state index contributed by atoms with van der Waals surface area (Å²) in [6, 6.07) is 7.41. The third kappa shape index (κ3) is 3.19. The van der Waals surface area contributed by atoms with Gasteiger partial charge in [0.1, 0.15) is 0 Å². The highest BCUT2D eigenvalue weighted by atomic mass is 32.2. The van der Waals surface area contributed by atoms with Gasteiger partial charge in [-0.2, -0.15) is 0 Å². The standard InChI is InChI=1S/C14H14N2O4S/c1-9-6-7-11(8-15-9)16-21(19,20)13-5-3-4-12(10(13)2)14(17)18/h3-8,16H,1-2H3,(H,17,18). The predicted octanol–water partition coefficient (Wildman–Crippen LogP) is 2.20. The molecule has 0 saturated heterocycles. The first-order valence-corrected chi connectivity index (χ1v) is 7.58. The van der Waals surface area contributed by atoms with Crippen LogP contribution < -0.4 is 4.72 Å². The summed E-state index contributed by atoms with van der Waals surface area (Å²) in [6.45, 7) is 3.25. The number of aromatic nitrogens is 1. The lowest BCUT2D eigenvalue weighted by Gasteiger charge is -2.11. The summed E-state index contributed by atoms with van der Waals surface area (Å²) in [7, 11) is -3.87. The van der Waals surface area contributed by atoms with Gasteiger partial charge in [0.15, 0.2) is 0 Å². The number of hydrogen-bond acceptors (Lipinski definition) is 4. The molecule has 0 unspecified atom stereocenters. The van der Waals surface area contributed by atoms with Crippen LogP contribution in [0.4, 0.5) is 5.69 Å². The van der Waals surface area contributed by atoms with Gasteiger partial charge in [0.2, 0.25) is 0 Å². The van der Waals surface area contributed by atoms with Gasteiger partial charge >= 0.3 is 5.97 Å². The Kier molecular flexibility index (Phi) is 3.95. The maximum absolute atomic E-state index is 12.4. The molecule has 1 aromatic heterocycles. The molecule has 0 saturated carbocycles. The Morgan fingerprint density at radius 3 is 2.48 bits per heavy atom. The zero-order valence-electron chi connectivity index (χ0n) is 11.5. The molecule has 0 spiro atoms. The fourth-order valence-electron chi connectivity index (χ4n) is 1.88. The van der Waals surface area contributed by atoms with Crippen molar-refractivity contribution in [3.8, 4) is 0 Å². The fourth-order valence-corrected chi connectivity index (χ4v) is 3.19. The third-order valence-electron chi connectivity index (χ3n) is 2.97. The maximum atomic E-state index is 12.4. The predicted molar refractivity (Wildman–Crippen MR) is 77.9 cm³/mol. The Balaban J connectivity index is 2.42. The van der Waals surface area contributed by atoms with Crippen LogP contribution in [-0.2, 0) is 10.0 Å². The number of aryl methyl sites for hydroxylation is 1. The van der Waals surface area contributed by atoms with Crippen LogP contribution in [-0.4, -0.2) is 24.5 Å². The van der Waals surface area contributed by atoms with Crippen LogP contribution in [0.5, 0.6) is 0 Å². The molecule has 2 rings (SSSR count). The van der Waals surface area contributed by atoms with E-state index in [1.807, 2.05) is 0 Å². The SMILES string of the molecule is Cc1ccc(NS(=O)(=O)c2cccc(C(=O)O)c2C)cn1. The van der Waals surface area contributed by atoms with E-state index in [1.165, 1.54) is 31.3 Å². The van der Waals surface area contributed by atoms with Crippen LogP contribution >= 0.6 is 0 Å². The number of carboxylic acids is 1. The maximum Gasteiger partial charge on any atom is 0.335 e. The number of nitrogens with zero attached hydrogens (tertiary/aromatic N) is 1. The van der Waals surface area contributed by atoms with Crippen molar-refractivity contribution < 1.29 is 18.3 Å². The summed E-state index contributed by atoms with van der Waals surface area (Å²) >= 11 is 0. The van der Waals surface area contributed by atoms with Gasteiger partial charge in [-0.3, -0.25) is 9.71 Å². The van der Waals surface area contributed by atoms with Gasteiger partial charge < -0.3 is 5.11 Å². The molecule has 6 nitrogen and oxygen atoms in total. The zero-order chi connectivity index (χ0) is 15.6. The quantitative estimate of drug-likeness (QED) is 0.902. The molecule has 21 heavy (non-hydrogen) atoms. The van der Waals surface area contributed by atoms with Crippen molar-refractivity contribution in [2.75, 3.05) is 4.72 Å². The van der Waals surface area contributed by atoms with Crippen molar-refractivity contribution in [1.82, 2.24) is 4.98 Å². The molecule has 7 heteroatoms. The average Bonchev–Trinajstić information content (AvgIpc) is 2.41. The van der Waals surface area contributed by atoms with Gasteiger partial charge in [0.25, 0.3) is 10.0 Å². The second-order valence-electron chi connectivity index (χ2n) is 4.53. The summed E-state index contributed by atoms with van der Waals surface area (Å²) in [4.78, 5) is 15.0. The number of nitrogens with one attached hydrogen (secondary N) is 1. The minimum Gasteiger partial charge on any atom is -0.478 e. The lowest BCUT2D eigenvalue weighted by molar-refractivity contribution is 0.0696. The minimum atomic E-state index is -3.87. The Labute approximate surface area is 122 Å². The topological polar surface area (TPSA) is 96.4 Å². The first-order valence-electron chi connectivity index (χ1n) is 6.09.